The molecule has 5 nitrogen and oxygen atoms in total. The summed E-state index contributed by atoms with van der Waals surface area (Å²) in [5, 5.41) is 6.17. The summed E-state index contributed by atoms with van der Waals surface area (Å²) in [7, 11) is 0. The van der Waals surface area contributed by atoms with Gasteiger partial charge in [0.1, 0.15) is 0 Å². The molecule has 1 fully saturated rings. The van der Waals surface area contributed by atoms with Crippen molar-refractivity contribution in [2.75, 3.05) is 32.8 Å². The van der Waals surface area contributed by atoms with E-state index >= 15 is 0 Å². The summed E-state index contributed by atoms with van der Waals surface area (Å²) in [6, 6.07) is 10.0. The van der Waals surface area contributed by atoms with Crippen LogP contribution in [0.4, 0.5) is 0 Å². The summed E-state index contributed by atoms with van der Waals surface area (Å²) in [5.74, 6) is -0.00464. The number of nitrogens with zero attached hydrogens (tertiary/aromatic N) is 1. The summed E-state index contributed by atoms with van der Waals surface area (Å²) in [5.41, 5.74) is 2.93. The number of carbonyl (C=O) groups is 1. The van der Waals surface area contributed by atoms with Crippen LogP contribution in [0.1, 0.15) is 20.8 Å². The molecule has 0 atom stereocenters. The van der Waals surface area contributed by atoms with Crippen molar-refractivity contribution in [3.05, 3.63) is 57.9 Å². The third-order valence-electron chi connectivity index (χ3n) is 4.77. The molecule has 4 rings (SSSR count). The maximum Gasteiger partial charge on any atom is 0.251 e. The number of aromatic amines is 1. The van der Waals surface area contributed by atoms with E-state index < -0.39 is 0 Å². The fraction of sp³-hybridized carbons (Fsp3) is 0.350. The van der Waals surface area contributed by atoms with E-state index in [0.29, 0.717) is 6.54 Å². The Kier molecular flexibility index (Phi) is 5.34. The number of ether oxygens (including phenoxy) is 1. The molecular weight excluding hydrogens is 346 g/mol. The Bertz CT molecular complexity index is 866. The topological polar surface area (TPSA) is 57.4 Å². The summed E-state index contributed by atoms with van der Waals surface area (Å²) >= 11 is 1.72. The molecule has 3 heterocycles. The van der Waals surface area contributed by atoms with E-state index in [1.54, 1.807) is 11.3 Å². The third-order valence-corrected chi connectivity index (χ3v) is 5.70. The number of aromatic nitrogens is 1. The van der Waals surface area contributed by atoms with Crippen molar-refractivity contribution in [1.29, 1.82) is 0 Å². The van der Waals surface area contributed by atoms with Gasteiger partial charge in [-0.25, -0.2) is 0 Å². The van der Waals surface area contributed by atoms with Crippen molar-refractivity contribution in [2.24, 2.45) is 0 Å². The highest BCUT2D eigenvalue weighted by Gasteiger charge is 2.17. The van der Waals surface area contributed by atoms with Crippen LogP contribution in [0.25, 0.3) is 10.9 Å². The number of rotatable bonds is 6. The minimum atomic E-state index is -0.00464. The number of hydrogen-bond donors (Lipinski definition) is 2. The maximum absolute atomic E-state index is 12.8. The zero-order valence-corrected chi connectivity index (χ0v) is 15.5. The van der Waals surface area contributed by atoms with E-state index in [1.165, 1.54) is 10.4 Å². The molecule has 0 saturated carbocycles. The molecule has 0 aliphatic carbocycles. The van der Waals surface area contributed by atoms with Crippen LogP contribution in [0.3, 0.4) is 0 Å². The molecule has 136 valence electrons. The van der Waals surface area contributed by atoms with Crippen LogP contribution >= 0.6 is 11.3 Å². The fourth-order valence-corrected chi connectivity index (χ4v) is 4.13. The number of H-pyrrole nitrogens is 1. The first-order chi connectivity index (χ1) is 12.8. The van der Waals surface area contributed by atoms with Gasteiger partial charge in [-0.3, -0.25) is 9.69 Å². The summed E-state index contributed by atoms with van der Waals surface area (Å²) in [6.07, 6.45) is 2.90. The first-order valence-corrected chi connectivity index (χ1v) is 9.89. The van der Waals surface area contributed by atoms with Gasteiger partial charge in [0.2, 0.25) is 0 Å². The van der Waals surface area contributed by atoms with E-state index in [9.17, 15) is 4.79 Å². The van der Waals surface area contributed by atoms with E-state index in [-0.39, 0.29) is 5.91 Å². The Morgan fingerprint density at radius 3 is 2.92 bits per heavy atom. The van der Waals surface area contributed by atoms with E-state index in [2.05, 4.69) is 26.6 Å². The lowest BCUT2D eigenvalue weighted by molar-refractivity contribution is 0.0343. The molecule has 3 aromatic rings. The maximum atomic E-state index is 12.8. The second-order valence-corrected chi connectivity index (χ2v) is 7.55. The van der Waals surface area contributed by atoms with Gasteiger partial charge in [0.15, 0.2) is 0 Å². The summed E-state index contributed by atoms with van der Waals surface area (Å²) < 4.78 is 5.43. The number of fused-ring (bicyclic) bond motifs is 1. The zero-order chi connectivity index (χ0) is 17.8. The van der Waals surface area contributed by atoms with Crippen LogP contribution in [0.2, 0.25) is 0 Å². The molecule has 1 aromatic carbocycles. The summed E-state index contributed by atoms with van der Waals surface area (Å²) in [6.45, 7) is 4.91. The molecule has 0 bridgehead atoms. The SMILES string of the molecule is O=C(NCCc1cccs1)c1cccc2[nH]cc(CN3CCOCC3)c12. The largest absolute Gasteiger partial charge is 0.379 e. The average Bonchev–Trinajstić information content (AvgIpc) is 3.33. The van der Waals surface area contributed by atoms with Crippen molar-refractivity contribution in [2.45, 2.75) is 13.0 Å². The van der Waals surface area contributed by atoms with E-state index in [1.807, 2.05) is 30.5 Å². The molecule has 0 radical (unpaired) electrons. The standard InChI is InChI=1S/C20H23N3O2S/c24-20(21-7-6-16-3-2-12-26-16)17-4-1-5-18-19(17)15(13-22-18)14-23-8-10-25-11-9-23/h1-5,12-13,22H,6-11,14H2,(H,21,24). The van der Waals surface area contributed by atoms with Crippen molar-refractivity contribution >= 4 is 28.1 Å². The Morgan fingerprint density at radius 2 is 2.12 bits per heavy atom. The highest BCUT2D eigenvalue weighted by Crippen LogP contribution is 2.24. The lowest BCUT2D eigenvalue weighted by atomic mass is 10.0. The van der Waals surface area contributed by atoms with Crippen molar-refractivity contribution < 1.29 is 9.53 Å². The van der Waals surface area contributed by atoms with Gasteiger partial charge in [0, 0.05) is 53.7 Å². The minimum Gasteiger partial charge on any atom is -0.379 e. The molecule has 0 unspecified atom stereocenters. The normalized spacial score (nSPS) is 15.4. The molecular formula is C20H23N3O2S. The summed E-state index contributed by atoms with van der Waals surface area (Å²) in [4.78, 5) is 19.8. The molecule has 2 aromatic heterocycles. The average molecular weight is 369 g/mol. The molecule has 1 saturated heterocycles. The van der Waals surface area contributed by atoms with Crippen LogP contribution < -0.4 is 5.32 Å². The molecule has 0 spiro atoms. The van der Waals surface area contributed by atoms with Crippen LogP contribution in [0, 0.1) is 0 Å². The predicted octanol–water partition coefficient (Wildman–Crippen LogP) is 3.03. The smallest absolute Gasteiger partial charge is 0.251 e. The second kappa shape index (κ2) is 8.03. The lowest BCUT2D eigenvalue weighted by Crippen LogP contribution is -2.35. The fourth-order valence-electron chi connectivity index (χ4n) is 3.42. The van der Waals surface area contributed by atoms with Crippen LogP contribution in [-0.4, -0.2) is 48.6 Å². The number of morpholine rings is 1. The molecule has 1 aliphatic rings. The first-order valence-electron chi connectivity index (χ1n) is 9.01. The van der Waals surface area contributed by atoms with Crippen molar-refractivity contribution in [3.63, 3.8) is 0 Å². The second-order valence-electron chi connectivity index (χ2n) is 6.52. The van der Waals surface area contributed by atoms with Gasteiger partial charge in [-0.05, 0) is 35.6 Å². The van der Waals surface area contributed by atoms with Gasteiger partial charge >= 0.3 is 0 Å². The van der Waals surface area contributed by atoms with E-state index in [0.717, 1.165) is 55.7 Å². The van der Waals surface area contributed by atoms with Crippen molar-refractivity contribution in [3.8, 4) is 0 Å². The Hall–Kier alpha value is -2.15. The van der Waals surface area contributed by atoms with Crippen LogP contribution in [0.5, 0.6) is 0 Å². The van der Waals surface area contributed by atoms with Gasteiger partial charge in [-0.15, -0.1) is 11.3 Å². The highest BCUT2D eigenvalue weighted by molar-refractivity contribution is 7.09. The van der Waals surface area contributed by atoms with Gasteiger partial charge < -0.3 is 15.0 Å². The third kappa shape index (κ3) is 3.82. The van der Waals surface area contributed by atoms with E-state index in [4.69, 9.17) is 4.74 Å². The molecule has 6 heteroatoms. The van der Waals surface area contributed by atoms with Crippen LogP contribution in [0.15, 0.2) is 41.9 Å². The van der Waals surface area contributed by atoms with Crippen molar-refractivity contribution in [1.82, 2.24) is 15.2 Å². The number of amides is 1. The number of nitrogens with one attached hydrogen (secondary N) is 2. The lowest BCUT2D eigenvalue weighted by Gasteiger charge is -2.26. The number of benzene rings is 1. The van der Waals surface area contributed by atoms with Gasteiger partial charge in [-0.1, -0.05) is 12.1 Å². The predicted molar refractivity (Wildman–Crippen MR) is 105 cm³/mol. The number of carbonyl (C=O) groups excluding carboxylic acids is 1. The van der Waals surface area contributed by atoms with Crippen LogP contribution in [-0.2, 0) is 17.7 Å². The Morgan fingerprint density at radius 1 is 1.23 bits per heavy atom. The number of hydrogen-bond acceptors (Lipinski definition) is 4. The monoisotopic (exact) mass is 369 g/mol. The molecule has 1 aliphatic heterocycles. The molecule has 1 amide bonds. The molecule has 2 N–H and O–H groups in total. The Balaban J connectivity index is 1.50. The molecule has 26 heavy (non-hydrogen) atoms. The first kappa shape index (κ1) is 17.3. The van der Waals surface area contributed by atoms with Gasteiger partial charge in [0.25, 0.3) is 5.91 Å². The highest BCUT2D eigenvalue weighted by atomic mass is 32.1. The van der Waals surface area contributed by atoms with Gasteiger partial charge in [0.05, 0.1) is 13.2 Å². The van der Waals surface area contributed by atoms with Gasteiger partial charge in [-0.2, -0.15) is 0 Å². The number of thiophene rings is 1. The minimum absolute atomic E-state index is 0.00464. The quantitative estimate of drug-likeness (QED) is 0.702. The zero-order valence-electron chi connectivity index (χ0n) is 14.7. The Labute approximate surface area is 157 Å².